The Bertz CT molecular complexity index is 1120. The minimum absolute atomic E-state index is 0.226. The highest BCUT2D eigenvalue weighted by Gasteiger charge is 2.15. The van der Waals surface area contributed by atoms with Crippen LogP contribution in [0.4, 0.5) is 0 Å². The molecule has 0 atom stereocenters. The number of nitrogens with zero attached hydrogens (tertiary/aromatic N) is 1. The quantitative estimate of drug-likeness (QED) is 0.392. The molecule has 4 rings (SSSR count). The Hall–Kier alpha value is -3.11. The number of aryl methyl sites for hydroxylation is 1. The summed E-state index contributed by atoms with van der Waals surface area (Å²) in [6.45, 7) is 2.27. The van der Waals surface area contributed by atoms with Crippen LogP contribution in [0.5, 0.6) is 0 Å². The first-order valence-corrected chi connectivity index (χ1v) is 9.86. The van der Waals surface area contributed by atoms with Crippen molar-refractivity contribution in [2.24, 2.45) is 0 Å². The lowest BCUT2D eigenvalue weighted by Gasteiger charge is -2.10. The smallest absolute Gasteiger partial charge is 0.341 e. The molecule has 0 unspecified atom stereocenters. The van der Waals surface area contributed by atoms with Crippen molar-refractivity contribution in [1.82, 2.24) is 4.98 Å². The van der Waals surface area contributed by atoms with Crippen LogP contribution in [-0.4, -0.2) is 11.0 Å². The van der Waals surface area contributed by atoms with Crippen molar-refractivity contribution in [3.05, 3.63) is 102 Å². The Morgan fingerprint density at radius 1 is 0.929 bits per heavy atom. The number of ether oxygens (including phenoxy) is 1. The molecule has 0 saturated carbocycles. The van der Waals surface area contributed by atoms with Crippen LogP contribution in [0.3, 0.4) is 0 Å². The topological polar surface area (TPSA) is 39.2 Å². The van der Waals surface area contributed by atoms with Gasteiger partial charge in [-0.1, -0.05) is 71.9 Å². The molecule has 0 aliphatic rings. The first-order valence-electron chi connectivity index (χ1n) is 9.04. The lowest BCUT2D eigenvalue weighted by Crippen LogP contribution is -2.07. The summed E-state index contributed by atoms with van der Waals surface area (Å²) < 4.78 is 5.63. The molecule has 3 aromatic carbocycles. The molecule has 28 heavy (non-hydrogen) atoms. The molecule has 4 heteroatoms. The van der Waals surface area contributed by atoms with E-state index >= 15 is 0 Å². The normalized spacial score (nSPS) is 10.8. The van der Waals surface area contributed by atoms with Crippen LogP contribution in [0.25, 0.3) is 10.8 Å². The molecule has 0 bridgehead atoms. The van der Waals surface area contributed by atoms with Gasteiger partial charge in [0, 0.05) is 11.1 Å². The summed E-state index contributed by atoms with van der Waals surface area (Å²) in [6, 6.07) is 25.8. The van der Waals surface area contributed by atoms with E-state index in [1.54, 1.807) is 18.3 Å². The van der Waals surface area contributed by atoms with E-state index in [4.69, 9.17) is 4.74 Å². The average Bonchev–Trinajstić information content (AvgIpc) is 2.74. The number of hydrogen-bond acceptors (Lipinski definition) is 4. The summed E-state index contributed by atoms with van der Waals surface area (Å²) >= 11 is 1.46. The predicted molar refractivity (Wildman–Crippen MR) is 113 cm³/mol. The summed E-state index contributed by atoms with van der Waals surface area (Å²) in [5, 5.41) is 2.88. The van der Waals surface area contributed by atoms with Crippen molar-refractivity contribution in [2.75, 3.05) is 0 Å². The van der Waals surface area contributed by atoms with Crippen molar-refractivity contribution >= 4 is 28.5 Å². The molecule has 0 fully saturated rings. The first kappa shape index (κ1) is 18.3. The van der Waals surface area contributed by atoms with Gasteiger partial charge in [-0.3, -0.25) is 0 Å². The lowest BCUT2D eigenvalue weighted by molar-refractivity contribution is 0.0469. The highest BCUT2D eigenvalue weighted by Crippen LogP contribution is 2.29. The van der Waals surface area contributed by atoms with Crippen LogP contribution >= 0.6 is 11.8 Å². The van der Waals surface area contributed by atoms with E-state index < -0.39 is 0 Å². The van der Waals surface area contributed by atoms with E-state index in [1.807, 2.05) is 61.5 Å². The van der Waals surface area contributed by atoms with Gasteiger partial charge >= 0.3 is 5.97 Å². The van der Waals surface area contributed by atoms with Gasteiger partial charge in [-0.15, -0.1) is 0 Å². The van der Waals surface area contributed by atoms with Gasteiger partial charge in [0.25, 0.3) is 0 Å². The fourth-order valence-electron chi connectivity index (χ4n) is 2.98. The van der Waals surface area contributed by atoms with Gasteiger partial charge < -0.3 is 4.74 Å². The molecule has 1 aromatic heterocycles. The van der Waals surface area contributed by atoms with Gasteiger partial charge in [-0.2, -0.15) is 0 Å². The van der Waals surface area contributed by atoms with Crippen LogP contribution in [0.15, 0.2) is 95.0 Å². The van der Waals surface area contributed by atoms with Crippen molar-refractivity contribution in [2.45, 2.75) is 23.5 Å². The Morgan fingerprint density at radius 2 is 1.71 bits per heavy atom. The zero-order valence-electron chi connectivity index (χ0n) is 15.5. The van der Waals surface area contributed by atoms with Crippen molar-refractivity contribution in [1.29, 1.82) is 0 Å². The van der Waals surface area contributed by atoms with Gasteiger partial charge in [0.2, 0.25) is 0 Å². The molecular weight excluding hydrogens is 366 g/mol. The first-order chi connectivity index (χ1) is 13.7. The van der Waals surface area contributed by atoms with Gasteiger partial charge in [0.05, 0.1) is 5.56 Å². The van der Waals surface area contributed by atoms with E-state index in [2.05, 4.69) is 17.1 Å². The molecule has 138 valence electrons. The minimum Gasteiger partial charge on any atom is -0.457 e. The van der Waals surface area contributed by atoms with Crippen molar-refractivity contribution in [3.63, 3.8) is 0 Å². The Labute approximate surface area is 168 Å². The SMILES string of the molecule is Cc1ccc(Sc2ncccc2C(=O)OCc2cccc3ccccc23)cc1. The molecular formula is C24H19NO2S. The molecule has 0 aliphatic carbocycles. The maximum atomic E-state index is 12.7. The maximum absolute atomic E-state index is 12.7. The van der Waals surface area contributed by atoms with Crippen LogP contribution in [0.1, 0.15) is 21.5 Å². The van der Waals surface area contributed by atoms with Crippen LogP contribution in [-0.2, 0) is 11.3 Å². The Kier molecular flexibility index (Phi) is 5.40. The Balaban J connectivity index is 1.53. The second-order valence-corrected chi connectivity index (χ2v) is 7.55. The van der Waals surface area contributed by atoms with Gasteiger partial charge in [-0.25, -0.2) is 9.78 Å². The van der Waals surface area contributed by atoms with Crippen LogP contribution in [0, 0.1) is 6.92 Å². The number of rotatable bonds is 5. The number of benzene rings is 3. The number of carbonyl (C=O) groups excluding carboxylic acids is 1. The molecule has 0 N–H and O–H groups in total. The highest BCUT2D eigenvalue weighted by molar-refractivity contribution is 7.99. The van der Waals surface area contributed by atoms with Crippen LogP contribution in [0.2, 0.25) is 0 Å². The number of aromatic nitrogens is 1. The van der Waals surface area contributed by atoms with E-state index in [0.29, 0.717) is 10.6 Å². The number of esters is 1. The standard InChI is InChI=1S/C24H19NO2S/c1-17-11-13-20(14-12-17)28-23-22(10-5-15-25-23)24(26)27-16-19-8-4-7-18-6-2-3-9-21(18)19/h2-15H,16H2,1H3. The van der Waals surface area contributed by atoms with E-state index in [-0.39, 0.29) is 12.6 Å². The fourth-order valence-corrected chi connectivity index (χ4v) is 3.86. The number of carbonyl (C=O) groups is 1. The van der Waals surface area contributed by atoms with E-state index in [0.717, 1.165) is 21.2 Å². The predicted octanol–water partition coefficient (Wildman–Crippen LogP) is 6.05. The van der Waals surface area contributed by atoms with Gasteiger partial charge in [0.1, 0.15) is 11.6 Å². The van der Waals surface area contributed by atoms with E-state index in [9.17, 15) is 4.79 Å². The van der Waals surface area contributed by atoms with E-state index in [1.165, 1.54) is 17.3 Å². The molecule has 4 aromatic rings. The average molecular weight is 385 g/mol. The van der Waals surface area contributed by atoms with Crippen LogP contribution < -0.4 is 0 Å². The van der Waals surface area contributed by atoms with Gasteiger partial charge in [0.15, 0.2) is 0 Å². The summed E-state index contributed by atoms with van der Waals surface area (Å²) in [7, 11) is 0. The second-order valence-electron chi connectivity index (χ2n) is 6.49. The number of hydrogen-bond donors (Lipinski definition) is 0. The molecule has 0 spiro atoms. The minimum atomic E-state index is -0.365. The van der Waals surface area contributed by atoms with Crippen molar-refractivity contribution < 1.29 is 9.53 Å². The third kappa shape index (κ3) is 4.07. The third-order valence-corrected chi connectivity index (χ3v) is 5.49. The largest absolute Gasteiger partial charge is 0.457 e. The third-order valence-electron chi connectivity index (χ3n) is 4.47. The zero-order valence-corrected chi connectivity index (χ0v) is 16.3. The monoisotopic (exact) mass is 385 g/mol. The summed E-state index contributed by atoms with van der Waals surface area (Å²) in [6.07, 6.45) is 1.69. The molecule has 1 heterocycles. The number of pyridine rings is 1. The molecule has 0 aliphatic heterocycles. The molecule has 0 amide bonds. The zero-order chi connectivity index (χ0) is 19.3. The van der Waals surface area contributed by atoms with Crippen molar-refractivity contribution in [3.8, 4) is 0 Å². The molecule has 0 saturated heterocycles. The lowest BCUT2D eigenvalue weighted by atomic mass is 10.1. The number of fused-ring (bicyclic) bond motifs is 1. The summed E-state index contributed by atoms with van der Waals surface area (Å²) in [5.41, 5.74) is 2.66. The Morgan fingerprint density at radius 3 is 2.57 bits per heavy atom. The highest BCUT2D eigenvalue weighted by atomic mass is 32.2. The summed E-state index contributed by atoms with van der Waals surface area (Å²) in [4.78, 5) is 18.2. The van der Waals surface area contributed by atoms with Gasteiger partial charge in [-0.05, 0) is 47.5 Å². The second kappa shape index (κ2) is 8.28. The fraction of sp³-hybridized carbons (Fsp3) is 0.0833. The molecule has 0 radical (unpaired) electrons. The molecule has 3 nitrogen and oxygen atoms in total. The summed E-state index contributed by atoms with van der Waals surface area (Å²) in [5.74, 6) is -0.365. The maximum Gasteiger partial charge on any atom is 0.341 e.